The Kier molecular flexibility index (Phi) is 3.99. The van der Waals surface area contributed by atoms with Crippen LogP contribution in [0.25, 0.3) is 0 Å². The summed E-state index contributed by atoms with van der Waals surface area (Å²) in [7, 11) is 1.85. The molecule has 0 aliphatic carbocycles. The fourth-order valence-corrected chi connectivity index (χ4v) is 2.22. The average Bonchev–Trinajstić information content (AvgIpc) is 2.76. The topological polar surface area (TPSA) is 29.9 Å². The van der Waals surface area contributed by atoms with Crippen molar-refractivity contribution in [2.45, 2.75) is 13.0 Å². The first-order valence-corrected chi connectivity index (χ1v) is 6.18. The minimum Gasteiger partial charge on any atom is -0.305 e. The molecule has 5 heteroatoms. The molecule has 1 aromatic carbocycles. The quantitative estimate of drug-likeness (QED) is 0.923. The van der Waals surface area contributed by atoms with Crippen molar-refractivity contribution in [3.8, 4) is 0 Å². The largest absolute Gasteiger partial charge is 0.305 e. The van der Waals surface area contributed by atoms with E-state index in [9.17, 15) is 4.39 Å². The molecule has 0 saturated carbocycles. The van der Waals surface area contributed by atoms with E-state index in [2.05, 4.69) is 10.4 Å². The van der Waals surface area contributed by atoms with Crippen molar-refractivity contribution >= 4 is 11.6 Å². The molecule has 1 atom stereocenters. The highest BCUT2D eigenvalue weighted by Gasteiger charge is 2.20. The van der Waals surface area contributed by atoms with Crippen LogP contribution in [-0.4, -0.2) is 16.3 Å². The number of rotatable bonds is 4. The third-order valence-corrected chi connectivity index (χ3v) is 3.25. The van der Waals surface area contributed by atoms with Crippen LogP contribution in [-0.2, 0) is 7.05 Å². The van der Waals surface area contributed by atoms with Crippen LogP contribution in [0.15, 0.2) is 30.5 Å². The lowest BCUT2D eigenvalue weighted by Crippen LogP contribution is -2.24. The minimum atomic E-state index is -0.403. The van der Waals surface area contributed by atoms with Gasteiger partial charge in [-0.2, -0.15) is 5.10 Å². The Morgan fingerprint density at radius 1 is 1.44 bits per heavy atom. The number of halogens is 2. The maximum atomic E-state index is 13.5. The highest BCUT2D eigenvalue weighted by atomic mass is 35.5. The minimum absolute atomic E-state index is 0.157. The van der Waals surface area contributed by atoms with Gasteiger partial charge in [-0.15, -0.1) is 0 Å². The molecule has 1 N–H and O–H groups in total. The van der Waals surface area contributed by atoms with Gasteiger partial charge in [0.2, 0.25) is 0 Å². The highest BCUT2D eigenvalue weighted by Crippen LogP contribution is 2.29. The van der Waals surface area contributed by atoms with E-state index in [-0.39, 0.29) is 11.1 Å². The Morgan fingerprint density at radius 3 is 2.83 bits per heavy atom. The van der Waals surface area contributed by atoms with E-state index in [1.165, 1.54) is 6.07 Å². The maximum absolute atomic E-state index is 13.5. The van der Waals surface area contributed by atoms with Crippen LogP contribution in [0.3, 0.4) is 0 Å². The van der Waals surface area contributed by atoms with Gasteiger partial charge in [-0.3, -0.25) is 4.68 Å². The molecule has 0 bridgehead atoms. The molecule has 0 fully saturated rings. The summed E-state index contributed by atoms with van der Waals surface area (Å²) in [6.07, 6.45) is 1.72. The molecule has 0 saturated heterocycles. The summed E-state index contributed by atoms with van der Waals surface area (Å²) in [5.74, 6) is -0.403. The van der Waals surface area contributed by atoms with Gasteiger partial charge in [0.15, 0.2) is 0 Å². The number of hydrogen-bond donors (Lipinski definition) is 1. The zero-order valence-corrected chi connectivity index (χ0v) is 11.1. The molecule has 0 aliphatic heterocycles. The van der Waals surface area contributed by atoms with E-state index in [1.807, 2.05) is 26.1 Å². The van der Waals surface area contributed by atoms with Crippen molar-refractivity contribution in [2.24, 2.45) is 7.05 Å². The average molecular weight is 268 g/mol. The molecule has 18 heavy (non-hydrogen) atoms. The maximum Gasteiger partial charge on any atom is 0.142 e. The Labute approximate surface area is 111 Å². The number of nitrogens with one attached hydrogen (secondary N) is 1. The molecule has 3 nitrogen and oxygen atoms in total. The number of hydrogen-bond acceptors (Lipinski definition) is 2. The molecule has 0 radical (unpaired) electrons. The molecule has 2 aromatic rings. The normalized spacial score (nSPS) is 12.7. The second-order valence-electron chi connectivity index (χ2n) is 4.01. The van der Waals surface area contributed by atoms with E-state index in [0.29, 0.717) is 0 Å². The monoisotopic (exact) mass is 267 g/mol. The van der Waals surface area contributed by atoms with Crippen LogP contribution >= 0.6 is 11.6 Å². The number of nitrogens with zero attached hydrogens (tertiary/aromatic N) is 2. The van der Waals surface area contributed by atoms with Gasteiger partial charge in [-0.1, -0.05) is 30.7 Å². The highest BCUT2D eigenvalue weighted by molar-refractivity contribution is 6.31. The fraction of sp³-hybridized carbons (Fsp3) is 0.308. The molecule has 2 rings (SSSR count). The van der Waals surface area contributed by atoms with Crippen LogP contribution in [0.5, 0.6) is 0 Å². The first-order valence-electron chi connectivity index (χ1n) is 5.80. The summed E-state index contributed by atoms with van der Waals surface area (Å²) < 4.78 is 15.3. The van der Waals surface area contributed by atoms with Crippen LogP contribution in [0.1, 0.15) is 24.2 Å². The lowest BCUT2D eigenvalue weighted by Gasteiger charge is -2.20. The number of aromatic nitrogens is 2. The predicted octanol–water partition coefficient (Wildman–Crippen LogP) is 2.91. The number of benzene rings is 1. The van der Waals surface area contributed by atoms with Crippen LogP contribution < -0.4 is 5.32 Å². The van der Waals surface area contributed by atoms with Crippen LogP contribution in [0.4, 0.5) is 4.39 Å². The molecule has 0 aliphatic rings. The van der Waals surface area contributed by atoms with Crippen molar-refractivity contribution in [2.75, 3.05) is 6.54 Å². The molecular formula is C13H15ClFN3. The van der Waals surface area contributed by atoms with Crippen molar-refractivity contribution < 1.29 is 4.39 Å². The molecule has 1 aromatic heterocycles. The summed E-state index contributed by atoms with van der Waals surface area (Å²) in [6.45, 7) is 2.75. The zero-order chi connectivity index (χ0) is 13.1. The Balaban J connectivity index is 2.48. The lowest BCUT2D eigenvalue weighted by atomic mass is 10.0. The van der Waals surface area contributed by atoms with Crippen molar-refractivity contribution in [1.29, 1.82) is 0 Å². The molecule has 0 spiro atoms. The van der Waals surface area contributed by atoms with Gasteiger partial charge in [-0.05, 0) is 24.2 Å². The molecule has 1 unspecified atom stereocenters. The van der Waals surface area contributed by atoms with E-state index in [4.69, 9.17) is 11.6 Å². The molecule has 0 amide bonds. The number of aryl methyl sites for hydroxylation is 1. The lowest BCUT2D eigenvalue weighted by molar-refractivity contribution is 0.565. The van der Waals surface area contributed by atoms with Crippen LogP contribution in [0, 0.1) is 5.82 Å². The van der Waals surface area contributed by atoms with Gasteiger partial charge in [0.1, 0.15) is 5.82 Å². The Bertz CT molecular complexity index is 539. The standard InChI is InChI=1S/C13H15ClFN3/c1-3-16-13(11-7-8-17-18(11)2)9-5-4-6-10(15)12(9)14/h4-8,13,16H,3H2,1-2H3. The van der Waals surface area contributed by atoms with Crippen molar-refractivity contribution in [3.63, 3.8) is 0 Å². The summed E-state index contributed by atoms with van der Waals surface area (Å²) in [4.78, 5) is 0. The zero-order valence-electron chi connectivity index (χ0n) is 10.3. The SMILES string of the molecule is CCNC(c1cccc(F)c1Cl)c1ccnn1C. The third-order valence-electron chi connectivity index (χ3n) is 2.86. The van der Waals surface area contributed by atoms with Gasteiger partial charge >= 0.3 is 0 Å². The van der Waals surface area contributed by atoms with Gasteiger partial charge < -0.3 is 5.32 Å². The summed E-state index contributed by atoms with van der Waals surface area (Å²) in [5, 5.41) is 7.59. The van der Waals surface area contributed by atoms with E-state index < -0.39 is 5.82 Å². The third kappa shape index (κ3) is 2.40. The van der Waals surface area contributed by atoms with Crippen molar-refractivity contribution in [1.82, 2.24) is 15.1 Å². The fourth-order valence-electron chi connectivity index (χ4n) is 1.99. The summed E-state index contributed by atoms with van der Waals surface area (Å²) in [6, 6.07) is 6.58. The summed E-state index contributed by atoms with van der Waals surface area (Å²) >= 11 is 6.05. The first-order chi connectivity index (χ1) is 8.65. The van der Waals surface area contributed by atoms with Gasteiger partial charge in [-0.25, -0.2) is 4.39 Å². The molecular weight excluding hydrogens is 253 g/mol. The second kappa shape index (κ2) is 5.50. The molecule has 96 valence electrons. The predicted molar refractivity (Wildman–Crippen MR) is 70.1 cm³/mol. The van der Waals surface area contributed by atoms with Gasteiger partial charge in [0, 0.05) is 13.2 Å². The van der Waals surface area contributed by atoms with E-state index in [1.54, 1.807) is 16.9 Å². The van der Waals surface area contributed by atoms with E-state index >= 15 is 0 Å². The van der Waals surface area contributed by atoms with Gasteiger partial charge in [0.25, 0.3) is 0 Å². The summed E-state index contributed by atoms with van der Waals surface area (Å²) in [5.41, 5.74) is 1.67. The van der Waals surface area contributed by atoms with E-state index in [0.717, 1.165) is 17.8 Å². The van der Waals surface area contributed by atoms with Crippen LogP contribution in [0.2, 0.25) is 5.02 Å². The second-order valence-corrected chi connectivity index (χ2v) is 4.39. The van der Waals surface area contributed by atoms with Crippen molar-refractivity contribution in [3.05, 3.63) is 52.6 Å². The smallest absolute Gasteiger partial charge is 0.142 e. The Hall–Kier alpha value is -1.39. The Morgan fingerprint density at radius 2 is 2.22 bits per heavy atom. The van der Waals surface area contributed by atoms with Gasteiger partial charge in [0.05, 0.1) is 16.8 Å². The first kappa shape index (κ1) is 13.1. The molecule has 1 heterocycles.